The van der Waals surface area contributed by atoms with E-state index in [-0.39, 0.29) is 30.4 Å². The topological polar surface area (TPSA) is 147 Å². The molecule has 0 unspecified atom stereocenters. The summed E-state index contributed by atoms with van der Waals surface area (Å²) in [5.41, 5.74) is 4.65. The molecule has 4 aliphatic heterocycles. The van der Waals surface area contributed by atoms with Gasteiger partial charge >= 0.3 is 23.8 Å². The van der Waals surface area contributed by atoms with Gasteiger partial charge in [0.15, 0.2) is 11.7 Å². The summed E-state index contributed by atoms with van der Waals surface area (Å²) in [6, 6.07) is 11.4. The van der Waals surface area contributed by atoms with Crippen molar-refractivity contribution in [3.63, 3.8) is 0 Å². The first-order chi connectivity index (χ1) is 27.6. The Morgan fingerprint density at radius 1 is 0.895 bits per heavy atom. The number of amides is 4. The van der Waals surface area contributed by atoms with E-state index in [0.717, 1.165) is 80.5 Å². The van der Waals surface area contributed by atoms with E-state index in [4.69, 9.17) is 13.9 Å². The highest BCUT2D eigenvalue weighted by Gasteiger charge is 2.37. The molecule has 4 aliphatic rings. The molecule has 0 bridgehead atoms. The first-order valence-corrected chi connectivity index (χ1v) is 20.9. The van der Waals surface area contributed by atoms with Crippen molar-refractivity contribution >= 4 is 40.8 Å². The van der Waals surface area contributed by atoms with Crippen molar-refractivity contribution in [3.05, 3.63) is 63.6 Å². The van der Waals surface area contributed by atoms with E-state index in [0.29, 0.717) is 81.5 Å². The van der Waals surface area contributed by atoms with Crippen LogP contribution in [0.3, 0.4) is 0 Å². The van der Waals surface area contributed by atoms with Gasteiger partial charge < -0.3 is 38.8 Å². The minimum absolute atomic E-state index is 0.0149. The zero-order chi connectivity index (χ0) is 40.1. The Bertz CT molecular complexity index is 1970. The second kappa shape index (κ2) is 18.2. The maximum Gasteiger partial charge on any atom is 0.419 e. The van der Waals surface area contributed by atoms with Crippen LogP contribution in [0.25, 0.3) is 11.1 Å². The SMILES string of the molecule is CCCOC(=O)CCN1CCC(C2CCN(C(=O)[C@@H](Cc3cc(C)c4c(c3)oc(=O)n4C)OC(=O)N3CCC(N4CCc5ccccc5NC4=O)CC3)CC2)CC1. The molecule has 1 N–H and O–H groups in total. The molecule has 57 heavy (non-hydrogen) atoms. The number of fused-ring (bicyclic) bond motifs is 2. The molecule has 3 saturated heterocycles. The van der Waals surface area contributed by atoms with Gasteiger partial charge in [-0.2, -0.15) is 0 Å². The molecule has 0 saturated carbocycles. The third kappa shape index (κ3) is 9.48. The molecule has 308 valence electrons. The zero-order valence-electron chi connectivity index (χ0n) is 33.7. The number of carbonyl (C=O) groups excluding carboxylic acids is 4. The van der Waals surface area contributed by atoms with Crippen LogP contribution in [0.4, 0.5) is 15.3 Å². The van der Waals surface area contributed by atoms with Gasteiger partial charge in [-0.15, -0.1) is 0 Å². The lowest BCUT2D eigenvalue weighted by Gasteiger charge is -2.41. The molecule has 5 heterocycles. The summed E-state index contributed by atoms with van der Waals surface area (Å²) in [6.07, 6.45) is 5.73. The molecule has 14 nitrogen and oxygen atoms in total. The van der Waals surface area contributed by atoms with Crippen molar-refractivity contribution in [3.8, 4) is 0 Å². The number of carbonyl (C=O) groups is 4. The van der Waals surface area contributed by atoms with E-state index in [9.17, 15) is 24.0 Å². The number of nitrogens with zero attached hydrogens (tertiary/aromatic N) is 5. The minimum Gasteiger partial charge on any atom is -0.466 e. The molecule has 1 aromatic heterocycles. The number of esters is 1. The number of urea groups is 1. The molecule has 2 aromatic carbocycles. The van der Waals surface area contributed by atoms with Crippen LogP contribution in [-0.4, -0.2) is 119 Å². The number of hydrogen-bond acceptors (Lipinski definition) is 9. The predicted molar refractivity (Wildman–Crippen MR) is 215 cm³/mol. The van der Waals surface area contributed by atoms with Gasteiger partial charge in [0.25, 0.3) is 5.91 Å². The van der Waals surface area contributed by atoms with Crippen molar-refractivity contribution in [1.82, 2.24) is 24.2 Å². The summed E-state index contributed by atoms with van der Waals surface area (Å²) >= 11 is 0. The standard InChI is InChI=1S/C43H58N6O8/c1-4-25-55-38(50)16-19-46-17-9-31(10-18-46)32-11-20-47(21-12-32)40(51)37(28-30-26-29(2)39-36(27-30)56-42(53)45(39)3)57-43(54)48-22-14-34(15-23-48)49-24-13-33-7-5-6-8-35(33)44-41(49)52/h5-8,26-27,31-32,34,37H,4,9-25,28H2,1-3H3,(H,44,52)/t37-/m1/s1. The highest BCUT2D eigenvalue weighted by Crippen LogP contribution is 2.33. The van der Waals surface area contributed by atoms with Crippen LogP contribution in [0.5, 0.6) is 0 Å². The van der Waals surface area contributed by atoms with E-state index in [1.165, 1.54) is 4.57 Å². The molecule has 4 amide bonds. The first kappa shape index (κ1) is 40.4. The molecular weight excluding hydrogens is 729 g/mol. The number of oxazole rings is 1. The van der Waals surface area contributed by atoms with Crippen LogP contribution in [-0.2, 0) is 39.0 Å². The molecule has 14 heteroatoms. The molecule has 0 spiro atoms. The van der Waals surface area contributed by atoms with Gasteiger partial charge in [-0.3, -0.25) is 14.2 Å². The Balaban J connectivity index is 0.963. The molecule has 3 aromatic rings. The molecule has 0 radical (unpaired) electrons. The van der Waals surface area contributed by atoms with Gasteiger partial charge in [-0.25, -0.2) is 14.4 Å². The fourth-order valence-corrected chi connectivity index (χ4v) is 9.37. The van der Waals surface area contributed by atoms with E-state index >= 15 is 0 Å². The number of nitrogens with one attached hydrogen (secondary N) is 1. The van der Waals surface area contributed by atoms with Crippen LogP contribution in [0, 0.1) is 18.8 Å². The Morgan fingerprint density at radius 3 is 2.30 bits per heavy atom. The highest BCUT2D eigenvalue weighted by atomic mass is 16.6. The number of benzene rings is 2. The number of hydrogen-bond donors (Lipinski definition) is 1. The number of piperidine rings is 3. The monoisotopic (exact) mass is 786 g/mol. The zero-order valence-corrected chi connectivity index (χ0v) is 33.7. The van der Waals surface area contributed by atoms with Crippen LogP contribution >= 0.6 is 0 Å². The number of anilines is 1. The molecule has 3 fully saturated rings. The quantitative estimate of drug-likeness (QED) is 0.255. The van der Waals surface area contributed by atoms with Crippen molar-refractivity contribution in [1.29, 1.82) is 0 Å². The van der Waals surface area contributed by atoms with Crippen molar-refractivity contribution in [2.24, 2.45) is 18.9 Å². The highest BCUT2D eigenvalue weighted by molar-refractivity contribution is 5.91. The third-order valence-electron chi connectivity index (χ3n) is 12.6. The maximum atomic E-state index is 14.3. The lowest BCUT2D eigenvalue weighted by molar-refractivity contribution is -0.144. The molecule has 7 rings (SSSR count). The second-order valence-electron chi connectivity index (χ2n) is 16.3. The van der Waals surface area contributed by atoms with Gasteiger partial charge in [-0.1, -0.05) is 31.2 Å². The van der Waals surface area contributed by atoms with Gasteiger partial charge in [0.1, 0.15) is 0 Å². The molecular formula is C43H58N6O8. The molecule has 1 atom stereocenters. The largest absolute Gasteiger partial charge is 0.466 e. The smallest absolute Gasteiger partial charge is 0.419 e. The van der Waals surface area contributed by atoms with Crippen molar-refractivity contribution < 1.29 is 33.1 Å². The Labute approximate surface area is 334 Å². The van der Waals surface area contributed by atoms with Crippen LogP contribution in [0.1, 0.15) is 75.0 Å². The Kier molecular flexibility index (Phi) is 12.9. The number of aromatic nitrogens is 1. The summed E-state index contributed by atoms with van der Waals surface area (Å²) in [5.74, 6) is 0.287. The number of ether oxygens (including phenoxy) is 2. The lowest BCUT2D eigenvalue weighted by Crippen LogP contribution is -2.52. The van der Waals surface area contributed by atoms with E-state index in [1.807, 2.05) is 54.0 Å². The number of aryl methyl sites for hydroxylation is 2. The number of rotatable bonds is 11. The molecule has 0 aliphatic carbocycles. The first-order valence-electron chi connectivity index (χ1n) is 20.9. The van der Waals surface area contributed by atoms with Gasteiger partial charge in [0.05, 0.1) is 18.5 Å². The van der Waals surface area contributed by atoms with Crippen molar-refractivity contribution in [2.45, 2.75) is 90.2 Å². The van der Waals surface area contributed by atoms with Crippen LogP contribution < -0.4 is 11.1 Å². The minimum atomic E-state index is -1.05. The van der Waals surface area contributed by atoms with Crippen molar-refractivity contribution in [2.75, 3.05) is 64.3 Å². The summed E-state index contributed by atoms with van der Waals surface area (Å²) in [5, 5.41) is 3.05. The lowest BCUT2D eigenvalue weighted by atomic mass is 9.78. The van der Waals surface area contributed by atoms with Crippen LogP contribution in [0.15, 0.2) is 45.6 Å². The predicted octanol–water partition coefficient (Wildman–Crippen LogP) is 5.34. The summed E-state index contributed by atoms with van der Waals surface area (Å²) in [6.45, 7) is 9.64. The average Bonchev–Trinajstić information content (AvgIpc) is 3.40. The summed E-state index contributed by atoms with van der Waals surface area (Å²) in [4.78, 5) is 73.4. The Morgan fingerprint density at radius 2 is 1.58 bits per heavy atom. The second-order valence-corrected chi connectivity index (χ2v) is 16.3. The van der Waals surface area contributed by atoms with Gasteiger partial charge in [-0.05, 0) is 112 Å². The fourth-order valence-electron chi connectivity index (χ4n) is 9.37. The summed E-state index contributed by atoms with van der Waals surface area (Å²) < 4.78 is 18.3. The van der Waals surface area contributed by atoms with Crippen LogP contribution in [0.2, 0.25) is 0 Å². The van der Waals surface area contributed by atoms with Gasteiger partial charge in [0.2, 0.25) is 0 Å². The third-order valence-corrected chi connectivity index (χ3v) is 12.6. The fraction of sp³-hybridized carbons (Fsp3) is 0.605. The summed E-state index contributed by atoms with van der Waals surface area (Å²) in [7, 11) is 1.66. The van der Waals surface area contributed by atoms with Gasteiger partial charge in [0, 0.05) is 64.5 Å². The average molecular weight is 787 g/mol. The van der Waals surface area contributed by atoms with E-state index in [2.05, 4.69) is 10.2 Å². The Hall–Kier alpha value is -4.85. The maximum absolute atomic E-state index is 14.3. The number of likely N-dealkylation sites (tertiary alicyclic amines) is 3. The normalized spacial score (nSPS) is 19.6. The van der Waals surface area contributed by atoms with E-state index in [1.54, 1.807) is 18.0 Å². The number of para-hydroxylation sites is 1. The van der Waals surface area contributed by atoms with E-state index < -0.39 is 18.0 Å².